The van der Waals surface area contributed by atoms with E-state index >= 15 is 0 Å². The quantitative estimate of drug-likeness (QED) is 0.114. The zero-order valence-corrected chi connectivity index (χ0v) is 62.1. The van der Waals surface area contributed by atoms with Crippen molar-refractivity contribution in [2.75, 3.05) is 0 Å². The summed E-state index contributed by atoms with van der Waals surface area (Å²) in [4.78, 5) is 0. The molecule has 0 heteroatoms. The SMILES string of the molecule is Cc1c2ccccc2cc2ccccc12.Cc1cc2ccccc2c2ccccc12.Cc1ccc2c(ccc3ccccc32)c1.Cc1ccc2cc(-c3ccccc3)ccc2c1.Cc1ccc2cc3ccccc3cc2c1.Cc1ccc2ccccc2c1.Cc1cccc2ccccc12.Cc1ccccc1. The first kappa shape index (κ1) is 71.6. The molecule has 0 aliphatic rings. The Bertz CT molecular complexity index is 6260. The van der Waals surface area contributed by atoms with Crippen LogP contribution in [0.1, 0.15) is 44.5 Å². The minimum Gasteiger partial charge on any atom is -0.0622 e. The van der Waals surface area contributed by atoms with Gasteiger partial charge in [0.15, 0.2) is 0 Å². The highest BCUT2D eigenvalue weighted by molar-refractivity contribution is 6.10. The fourth-order valence-corrected chi connectivity index (χ4v) is 14.1. The van der Waals surface area contributed by atoms with Crippen LogP contribution in [0, 0.1) is 55.4 Å². The van der Waals surface area contributed by atoms with Crippen molar-refractivity contribution in [3.05, 3.63) is 445 Å². The number of aryl methyl sites for hydroxylation is 8. The van der Waals surface area contributed by atoms with E-state index in [-0.39, 0.29) is 0 Å². The van der Waals surface area contributed by atoms with Gasteiger partial charge in [-0.2, -0.15) is 0 Å². The van der Waals surface area contributed by atoms with Gasteiger partial charge in [0.25, 0.3) is 0 Å². The Morgan fingerprint density at radius 3 is 0.991 bits per heavy atom. The summed E-state index contributed by atoms with van der Waals surface area (Å²) in [6.45, 7) is 17.1. The van der Waals surface area contributed by atoms with Crippen LogP contribution in [0.2, 0.25) is 0 Å². The molecule has 0 unspecified atom stereocenters. The monoisotopic (exact) mass is 1360 g/mol. The minimum absolute atomic E-state index is 1.27. The van der Waals surface area contributed by atoms with Gasteiger partial charge in [0.1, 0.15) is 0 Å². The van der Waals surface area contributed by atoms with Gasteiger partial charge in [-0.25, -0.2) is 0 Å². The Morgan fingerprint density at radius 1 is 0.123 bits per heavy atom. The summed E-state index contributed by atoms with van der Waals surface area (Å²) in [5.74, 6) is 0. The molecule has 0 aliphatic heterocycles. The van der Waals surface area contributed by atoms with E-state index < -0.39 is 0 Å². The molecule has 0 spiro atoms. The highest BCUT2D eigenvalue weighted by atomic mass is 14.1. The van der Waals surface area contributed by atoms with Gasteiger partial charge in [-0.1, -0.05) is 404 Å². The highest BCUT2D eigenvalue weighted by Gasteiger charge is 2.06. The van der Waals surface area contributed by atoms with Crippen LogP contribution >= 0.6 is 0 Å². The molecule has 0 saturated carbocycles. The van der Waals surface area contributed by atoms with Crippen molar-refractivity contribution in [2.45, 2.75) is 55.4 Å². The van der Waals surface area contributed by atoms with Crippen molar-refractivity contribution in [2.24, 2.45) is 0 Å². The first-order valence-electron chi connectivity index (χ1n) is 36.8. The Morgan fingerprint density at radius 2 is 0.434 bits per heavy atom. The third-order valence-electron chi connectivity index (χ3n) is 19.7. The molecular weight excluding hydrogens is 1270 g/mol. The average molecular weight is 1360 g/mol. The van der Waals surface area contributed by atoms with E-state index in [1.54, 1.807) is 0 Å². The third kappa shape index (κ3) is 18.0. The predicted molar refractivity (Wildman–Crippen MR) is 467 cm³/mol. The molecule has 0 aromatic heterocycles. The Hall–Kier alpha value is -12.7. The van der Waals surface area contributed by atoms with Gasteiger partial charge in [0.2, 0.25) is 0 Å². The Kier molecular flexibility index (Phi) is 23.3. The molecule has 0 radical (unpaired) electrons. The summed E-state index contributed by atoms with van der Waals surface area (Å²) in [7, 11) is 0. The van der Waals surface area contributed by atoms with E-state index in [9.17, 15) is 0 Å². The fourth-order valence-electron chi connectivity index (χ4n) is 14.1. The lowest BCUT2D eigenvalue weighted by Crippen LogP contribution is -1.81. The first-order chi connectivity index (χ1) is 51.8. The van der Waals surface area contributed by atoms with E-state index in [0.717, 1.165) is 0 Å². The smallest absolute Gasteiger partial charge is 0.0103 e. The Balaban J connectivity index is 0.000000108. The van der Waals surface area contributed by atoms with Crippen LogP contribution in [-0.4, -0.2) is 0 Å². The normalized spacial score (nSPS) is 10.6. The number of rotatable bonds is 1. The zero-order chi connectivity index (χ0) is 73.1. The zero-order valence-electron chi connectivity index (χ0n) is 62.1. The van der Waals surface area contributed by atoms with E-state index in [2.05, 4.69) is 432 Å². The lowest BCUT2D eigenvalue weighted by atomic mass is 9.98. The predicted octanol–water partition coefficient (Wildman–Crippen LogP) is 30.3. The van der Waals surface area contributed by atoms with Gasteiger partial charge in [-0.05, 0) is 226 Å². The molecular formula is C106H90. The maximum Gasteiger partial charge on any atom is -0.0103 e. The van der Waals surface area contributed by atoms with Crippen LogP contribution in [0.25, 0.3) is 130 Å². The molecule has 0 aliphatic carbocycles. The van der Waals surface area contributed by atoms with Crippen LogP contribution in [0.15, 0.2) is 400 Å². The summed E-state index contributed by atoms with van der Waals surface area (Å²) in [6, 6.07) is 142. The number of hydrogen-bond acceptors (Lipinski definition) is 0. The van der Waals surface area contributed by atoms with Crippen molar-refractivity contribution in [1.82, 2.24) is 0 Å². The van der Waals surface area contributed by atoms with Crippen molar-refractivity contribution in [3.8, 4) is 11.1 Å². The second-order valence-electron chi connectivity index (χ2n) is 27.7. The van der Waals surface area contributed by atoms with E-state index in [1.165, 1.54) is 174 Å². The molecule has 0 N–H and O–H groups in total. The molecule has 0 saturated heterocycles. The number of benzene rings is 20. The topological polar surface area (TPSA) is 0 Å². The van der Waals surface area contributed by atoms with Gasteiger partial charge in [-0.15, -0.1) is 0 Å². The molecule has 0 amide bonds. The molecule has 0 bridgehead atoms. The maximum atomic E-state index is 2.26. The summed E-state index contributed by atoms with van der Waals surface area (Å²) < 4.78 is 0. The lowest BCUT2D eigenvalue weighted by molar-refractivity contribution is 1.48. The van der Waals surface area contributed by atoms with Gasteiger partial charge in [-0.3, -0.25) is 0 Å². The minimum atomic E-state index is 1.27. The summed E-state index contributed by atoms with van der Waals surface area (Å²) in [6.07, 6.45) is 0. The molecule has 0 heterocycles. The number of hydrogen-bond donors (Lipinski definition) is 0. The summed E-state index contributed by atoms with van der Waals surface area (Å²) in [5, 5.41) is 29.3. The van der Waals surface area contributed by atoms with E-state index in [1.807, 2.05) is 24.3 Å². The standard InChI is InChI=1S/C17H14.4C15H12.2C11H10.C7H8/c1-13-7-8-17-12-16(10-9-15(17)11-13)14-5-3-2-4-6-14;1-11-14-8-4-2-6-12(14)10-13-7-3-5-9-15(11)13;1-11-10-12-6-2-3-8-14(12)15-9-5-4-7-13(11)15;1-11-6-9-15-13(10-11)8-7-12-4-2-3-5-14(12)15;1-11-6-7-14-9-12-4-2-3-5-13(12)10-15(14)8-11;1-9-5-4-7-10-6-2-3-8-11(9)10;1-9-6-7-10-4-2-3-5-11(10)8-9;1-7-5-3-2-4-6-7/h2-12H,1H3;4*2-10H,1H3;2*2-8H,1H3;2-6H,1H3. The molecule has 0 fully saturated rings. The molecule has 0 atom stereocenters. The molecule has 106 heavy (non-hydrogen) atoms. The molecule has 20 aromatic carbocycles. The fraction of sp³-hybridized carbons (Fsp3) is 0.0755. The van der Waals surface area contributed by atoms with E-state index in [0.29, 0.717) is 0 Å². The van der Waals surface area contributed by atoms with Gasteiger partial charge in [0, 0.05) is 0 Å². The van der Waals surface area contributed by atoms with Crippen molar-refractivity contribution in [3.63, 3.8) is 0 Å². The van der Waals surface area contributed by atoms with Gasteiger partial charge < -0.3 is 0 Å². The van der Waals surface area contributed by atoms with Gasteiger partial charge in [0.05, 0.1) is 0 Å². The average Bonchev–Trinajstić information content (AvgIpc) is 0.686. The molecule has 20 rings (SSSR count). The van der Waals surface area contributed by atoms with Crippen LogP contribution in [-0.2, 0) is 0 Å². The van der Waals surface area contributed by atoms with Crippen molar-refractivity contribution < 1.29 is 0 Å². The summed E-state index contributed by atoms with van der Waals surface area (Å²) >= 11 is 0. The largest absolute Gasteiger partial charge is 0.0622 e. The second-order valence-corrected chi connectivity index (χ2v) is 27.7. The number of fused-ring (bicyclic) bond motifs is 13. The van der Waals surface area contributed by atoms with Crippen LogP contribution in [0.5, 0.6) is 0 Å². The maximum absolute atomic E-state index is 2.26. The van der Waals surface area contributed by atoms with Crippen LogP contribution < -0.4 is 0 Å². The molecule has 20 aromatic rings. The van der Waals surface area contributed by atoms with E-state index in [4.69, 9.17) is 0 Å². The van der Waals surface area contributed by atoms with Crippen molar-refractivity contribution >= 4 is 118 Å². The Labute approximate surface area is 625 Å². The van der Waals surface area contributed by atoms with Crippen molar-refractivity contribution in [1.29, 1.82) is 0 Å². The first-order valence-corrected chi connectivity index (χ1v) is 36.8. The van der Waals surface area contributed by atoms with Crippen LogP contribution in [0.4, 0.5) is 0 Å². The highest BCUT2D eigenvalue weighted by Crippen LogP contribution is 2.32. The molecule has 0 nitrogen and oxygen atoms in total. The second kappa shape index (κ2) is 34.5. The molecule has 514 valence electrons. The van der Waals surface area contributed by atoms with Crippen LogP contribution in [0.3, 0.4) is 0 Å². The van der Waals surface area contributed by atoms with Gasteiger partial charge >= 0.3 is 0 Å². The third-order valence-corrected chi connectivity index (χ3v) is 19.7. The summed E-state index contributed by atoms with van der Waals surface area (Å²) in [5.41, 5.74) is 13.2. The lowest BCUT2D eigenvalue weighted by Gasteiger charge is -2.06.